The molecule has 2 aliphatic rings. The number of rotatable bonds is 3. The minimum Gasteiger partial charge on any atom is -0.504 e. The van der Waals surface area contributed by atoms with Crippen LogP contribution in [-0.4, -0.2) is 33.1 Å². The van der Waals surface area contributed by atoms with Crippen molar-refractivity contribution in [1.82, 2.24) is 9.78 Å². The van der Waals surface area contributed by atoms with E-state index < -0.39 is 5.97 Å². The largest absolute Gasteiger partial charge is 0.504 e. The number of aromatic hydroxyl groups is 1. The van der Waals surface area contributed by atoms with Crippen LogP contribution in [0.3, 0.4) is 0 Å². The van der Waals surface area contributed by atoms with Gasteiger partial charge in [-0.2, -0.15) is 5.10 Å². The number of anilines is 1. The van der Waals surface area contributed by atoms with E-state index in [1.165, 1.54) is 24.4 Å². The third-order valence-electron chi connectivity index (χ3n) is 5.81. The molecule has 0 bridgehead atoms. The SMILES string of the molecule is COc1cc(C2Nc3c(C(=O)O)cnn3C3c4ccccc4CC23)ccc1O. The number of hydrogen-bond donors (Lipinski definition) is 3. The van der Waals surface area contributed by atoms with Gasteiger partial charge in [0.25, 0.3) is 0 Å². The van der Waals surface area contributed by atoms with Crippen LogP contribution in [0.4, 0.5) is 5.82 Å². The Balaban J connectivity index is 1.68. The van der Waals surface area contributed by atoms with E-state index >= 15 is 0 Å². The molecular formula is C21H19N3O4. The van der Waals surface area contributed by atoms with Crippen LogP contribution < -0.4 is 10.1 Å². The molecule has 1 aliphatic heterocycles. The quantitative estimate of drug-likeness (QED) is 0.649. The van der Waals surface area contributed by atoms with Crippen molar-refractivity contribution in [2.24, 2.45) is 5.92 Å². The molecular weight excluding hydrogens is 358 g/mol. The fourth-order valence-electron chi connectivity index (χ4n) is 4.56. The number of methoxy groups -OCH3 is 1. The molecule has 2 heterocycles. The number of carboxylic acids is 1. The lowest BCUT2D eigenvalue weighted by Gasteiger charge is -2.37. The predicted molar refractivity (Wildman–Crippen MR) is 102 cm³/mol. The average molecular weight is 377 g/mol. The summed E-state index contributed by atoms with van der Waals surface area (Å²) in [5.74, 6) is 0.109. The van der Waals surface area contributed by atoms with Gasteiger partial charge in [0.1, 0.15) is 11.4 Å². The Bertz CT molecular complexity index is 1090. The molecule has 7 nitrogen and oxygen atoms in total. The molecule has 0 amide bonds. The van der Waals surface area contributed by atoms with E-state index in [2.05, 4.69) is 22.5 Å². The van der Waals surface area contributed by atoms with E-state index in [0.29, 0.717) is 11.6 Å². The minimum absolute atomic E-state index is 0.0506. The number of ether oxygens (including phenoxy) is 1. The van der Waals surface area contributed by atoms with Gasteiger partial charge in [0.05, 0.1) is 25.4 Å². The minimum atomic E-state index is -1.01. The van der Waals surface area contributed by atoms with Crippen LogP contribution in [0.1, 0.15) is 39.1 Å². The Morgan fingerprint density at radius 3 is 2.89 bits per heavy atom. The zero-order valence-electron chi connectivity index (χ0n) is 15.2. The van der Waals surface area contributed by atoms with Crippen LogP contribution in [0.5, 0.6) is 11.5 Å². The topological polar surface area (TPSA) is 96.6 Å². The fraction of sp³-hybridized carbons (Fsp3) is 0.238. The van der Waals surface area contributed by atoms with Crippen LogP contribution in [0, 0.1) is 5.92 Å². The van der Waals surface area contributed by atoms with Crippen molar-refractivity contribution in [3.63, 3.8) is 0 Å². The standard InChI is InChI=1S/C21H19N3O4/c1-28-17-9-12(6-7-16(17)25)18-14-8-11-4-2-3-5-13(11)19(14)24-20(23-18)15(10-22-24)21(26)27/h2-7,9-10,14,18-19,23,25H,8H2,1H3,(H,26,27). The molecule has 0 fully saturated rings. The lowest BCUT2D eigenvalue weighted by Crippen LogP contribution is -2.35. The Morgan fingerprint density at radius 2 is 2.11 bits per heavy atom. The molecule has 3 unspecified atom stereocenters. The van der Waals surface area contributed by atoms with Crippen molar-refractivity contribution in [1.29, 1.82) is 0 Å². The van der Waals surface area contributed by atoms with Gasteiger partial charge in [0, 0.05) is 5.92 Å². The van der Waals surface area contributed by atoms with E-state index in [9.17, 15) is 15.0 Å². The van der Waals surface area contributed by atoms with E-state index in [0.717, 1.165) is 12.0 Å². The number of benzene rings is 2. The van der Waals surface area contributed by atoms with Gasteiger partial charge in [-0.3, -0.25) is 0 Å². The van der Waals surface area contributed by atoms with Gasteiger partial charge in [-0.05, 0) is 35.2 Å². The fourth-order valence-corrected chi connectivity index (χ4v) is 4.56. The third-order valence-corrected chi connectivity index (χ3v) is 5.81. The Kier molecular flexibility index (Phi) is 3.58. The van der Waals surface area contributed by atoms with Crippen LogP contribution in [-0.2, 0) is 6.42 Å². The number of aromatic carboxylic acids is 1. The van der Waals surface area contributed by atoms with E-state index in [1.807, 2.05) is 18.2 Å². The highest BCUT2D eigenvalue weighted by atomic mass is 16.5. The van der Waals surface area contributed by atoms with E-state index in [4.69, 9.17) is 4.74 Å². The summed E-state index contributed by atoms with van der Waals surface area (Å²) in [7, 11) is 1.51. The summed E-state index contributed by atoms with van der Waals surface area (Å²) in [6.45, 7) is 0. The van der Waals surface area contributed by atoms with Crippen LogP contribution >= 0.6 is 0 Å². The second kappa shape index (κ2) is 6.02. The van der Waals surface area contributed by atoms with Crippen molar-refractivity contribution < 1.29 is 19.7 Å². The molecule has 0 radical (unpaired) electrons. The summed E-state index contributed by atoms with van der Waals surface area (Å²) in [6, 6.07) is 13.3. The van der Waals surface area contributed by atoms with Gasteiger partial charge in [-0.25, -0.2) is 9.48 Å². The first kappa shape index (κ1) is 16.7. The number of nitrogens with one attached hydrogen (secondary N) is 1. The highest BCUT2D eigenvalue weighted by Gasteiger charge is 2.45. The van der Waals surface area contributed by atoms with Crippen LogP contribution in [0.25, 0.3) is 0 Å². The number of phenolic OH excluding ortho intramolecular Hbond substituents is 1. The van der Waals surface area contributed by atoms with Crippen molar-refractivity contribution in [3.8, 4) is 11.5 Å². The second-order valence-corrected chi connectivity index (χ2v) is 7.22. The maximum absolute atomic E-state index is 11.7. The maximum atomic E-state index is 11.7. The van der Waals surface area contributed by atoms with Gasteiger partial charge in [-0.1, -0.05) is 30.3 Å². The number of hydrogen-bond acceptors (Lipinski definition) is 5. The molecule has 7 heteroatoms. The van der Waals surface area contributed by atoms with E-state index in [-0.39, 0.29) is 29.3 Å². The number of carboxylic acid groups (broad SMARTS) is 1. The molecule has 3 atom stereocenters. The van der Waals surface area contributed by atoms with E-state index in [1.54, 1.807) is 16.8 Å². The highest BCUT2D eigenvalue weighted by Crippen LogP contribution is 2.51. The van der Waals surface area contributed by atoms with Crippen LogP contribution in [0.15, 0.2) is 48.7 Å². The van der Waals surface area contributed by atoms with Gasteiger partial charge in [-0.15, -0.1) is 0 Å². The summed E-state index contributed by atoms with van der Waals surface area (Å²) in [6.07, 6.45) is 2.26. The zero-order chi connectivity index (χ0) is 19.4. The molecule has 0 spiro atoms. The summed E-state index contributed by atoms with van der Waals surface area (Å²) >= 11 is 0. The Morgan fingerprint density at radius 1 is 1.29 bits per heavy atom. The third kappa shape index (κ3) is 2.29. The highest BCUT2D eigenvalue weighted by molar-refractivity contribution is 5.93. The molecule has 0 saturated heterocycles. The Labute approximate surface area is 161 Å². The summed E-state index contributed by atoms with van der Waals surface area (Å²) < 4.78 is 7.08. The smallest absolute Gasteiger partial charge is 0.341 e. The van der Waals surface area contributed by atoms with Crippen molar-refractivity contribution in [2.45, 2.75) is 18.5 Å². The van der Waals surface area contributed by atoms with Gasteiger partial charge < -0.3 is 20.3 Å². The summed E-state index contributed by atoms with van der Waals surface area (Å²) in [4.78, 5) is 11.7. The zero-order valence-corrected chi connectivity index (χ0v) is 15.2. The maximum Gasteiger partial charge on any atom is 0.341 e. The number of fused-ring (bicyclic) bond motifs is 5. The lowest BCUT2D eigenvalue weighted by molar-refractivity contribution is 0.0697. The number of phenols is 1. The molecule has 1 aromatic heterocycles. The molecule has 142 valence electrons. The number of carbonyl (C=O) groups is 1. The molecule has 3 aromatic rings. The van der Waals surface area contributed by atoms with Gasteiger partial charge in [0.15, 0.2) is 11.5 Å². The van der Waals surface area contributed by atoms with Crippen LogP contribution in [0.2, 0.25) is 0 Å². The normalized spacial score (nSPS) is 22.0. The molecule has 3 N–H and O–H groups in total. The molecule has 0 saturated carbocycles. The molecule has 5 rings (SSSR count). The summed E-state index contributed by atoms with van der Waals surface area (Å²) in [5.41, 5.74) is 3.50. The first-order chi connectivity index (χ1) is 13.6. The Hall–Kier alpha value is -3.48. The number of aromatic nitrogens is 2. The summed E-state index contributed by atoms with van der Waals surface area (Å²) in [5, 5.41) is 27.4. The molecule has 2 aromatic carbocycles. The van der Waals surface area contributed by atoms with Crippen molar-refractivity contribution >= 4 is 11.8 Å². The molecule has 1 aliphatic carbocycles. The van der Waals surface area contributed by atoms with Crippen molar-refractivity contribution in [3.05, 3.63) is 70.9 Å². The predicted octanol–water partition coefficient (Wildman–Crippen LogP) is 3.22. The lowest BCUT2D eigenvalue weighted by atomic mass is 9.85. The average Bonchev–Trinajstić information content (AvgIpc) is 3.29. The first-order valence-corrected chi connectivity index (χ1v) is 9.10. The van der Waals surface area contributed by atoms with Gasteiger partial charge >= 0.3 is 5.97 Å². The monoisotopic (exact) mass is 377 g/mol. The number of nitrogens with zero attached hydrogens (tertiary/aromatic N) is 2. The first-order valence-electron chi connectivity index (χ1n) is 9.10. The van der Waals surface area contributed by atoms with Crippen molar-refractivity contribution in [2.75, 3.05) is 12.4 Å². The second-order valence-electron chi connectivity index (χ2n) is 7.22. The van der Waals surface area contributed by atoms with Gasteiger partial charge in [0.2, 0.25) is 0 Å². The molecule has 28 heavy (non-hydrogen) atoms.